The van der Waals surface area contributed by atoms with E-state index >= 15 is 0 Å². The Morgan fingerprint density at radius 1 is 1.69 bits per heavy atom. The Kier molecular flexibility index (Phi) is 3.69. The van der Waals surface area contributed by atoms with Crippen molar-refractivity contribution in [3.05, 3.63) is 0 Å². The summed E-state index contributed by atoms with van der Waals surface area (Å²) in [6.07, 6.45) is 1.41. The van der Waals surface area contributed by atoms with E-state index in [0.717, 1.165) is 19.5 Å². The predicted octanol–water partition coefficient (Wildman–Crippen LogP) is 0.0970. The standard InChI is InChI=1S/C9H18N2O2/c1-10-5-3-8(7-10)11(2)6-4-9(12)13/h8H,3-7H2,1-2H3,(H,12,13)/t8-/m1/s1. The molecule has 0 aromatic heterocycles. The fraction of sp³-hybridized carbons (Fsp3) is 0.889. The van der Waals surface area contributed by atoms with Crippen molar-refractivity contribution in [2.75, 3.05) is 33.7 Å². The van der Waals surface area contributed by atoms with Crippen LogP contribution in [0.5, 0.6) is 0 Å². The highest BCUT2D eigenvalue weighted by Crippen LogP contribution is 2.12. The highest BCUT2D eigenvalue weighted by atomic mass is 16.4. The van der Waals surface area contributed by atoms with Crippen molar-refractivity contribution in [2.24, 2.45) is 0 Å². The van der Waals surface area contributed by atoms with Gasteiger partial charge in [-0.15, -0.1) is 0 Å². The minimum absolute atomic E-state index is 0.247. The lowest BCUT2D eigenvalue weighted by Gasteiger charge is -2.23. The van der Waals surface area contributed by atoms with Crippen LogP contribution in [0, 0.1) is 0 Å². The summed E-state index contributed by atoms with van der Waals surface area (Å²) in [6, 6.07) is 0.546. The number of carboxylic acids is 1. The van der Waals surface area contributed by atoms with E-state index in [1.54, 1.807) is 0 Å². The van der Waals surface area contributed by atoms with Gasteiger partial charge in [0.2, 0.25) is 0 Å². The number of hydrogen-bond donors (Lipinski definition) is 1. The van der Waals surface area contributed by atoms with Crippen molar-refractivity contribution in [1.82, 2.24) is 9.80 Å². The normalized spacial score (nSPS) is 24.1. The Hall–Kier alpha value is -0.610. The van der Waals surface area contributed by atoms with Crippen molar-refractivity contribution in [1.29, 1.82) is 0 Å². The predicted molar refractivity (Wildman–Crippen MR) is 50.8 cm³/mol. The molecule has 4 nitrogen and oxygen atoms in total. The highest BCUT2D eigenvalue weighted by Gasteiger charge is 2.22. The first-order chi connectivity index (χ1) is 6.09. The van der Waals surface area contributed by atoms with Crippen LogP contribution in [0.25, 0.3) is 0 Å². The minimum atomic E-state index is -0.710. The molecule has 1 fully saturated rings. The maximum atomic E-state index is 10.3. The van der Waals surface area contributed by atoms with Gasteiger partial charge in [0.15, 0.2) is 0 Å². The van der Waals surface area contributed by atoms with Gasteiger partial charge in [-0.05, 0) is 27.1 Å². The third-order valence-electron chi connectivity index (χ3n) is 2.67. The third-order valence-corrected chi connectivity index (χ3v) is 2.67. The molecule has 0 amide bonds. The van der Waals surface area contributed by atoms with Crippen molar-refractivity contribution >= 4 is 5.97 Å². The number of likely N-dealkylation sites (tertiary alicyclic amines) is 1. The molecule has 0 radical (unpaired) electrons. The van der Waals surface area contributed by atoms with Crippen LogP contribution in [-0.4, -0.2) is 60.6 Å². The summed E-state index contributed by atoms with van der Waals surface area (Å²) in [7, 11) is 4.11. The average Bonchev–Trinajstić information content (AvgIpc) is 2.47. The number of rotatable bonds is 4. The molecule has 4 heteroatoms. The van der Waals surface area contributed by atoms with E-state index in [0.29, 0.717) is 12.6 Å². The topological polar surface area (TPSA) is 43.8 Å². The van der Waals surface area contributed by atoms with Gasteiger partial charge in [-0.1, -0.05) is 0 Å². The van der Waals surface area contributed by atoms with Crippen LogP contribution in [0.2, 0.25) is 0 Å². The van der Waals surface area contributed by atoms with E-state index in [1.807, 2.05) is 7.05 Å². The van der Waals surface area contributed by atoms with E-state index in [4.69, 9.17) is 5.11 Å². The summed E-state index contributed by atoms with van der Waals surface area (Å²) in [5, 5.41) is 8.52. The molecule has 1 heterocycles. The molecule has 1 atom stereocenters. The molecular formula is C9H18N2O2. The zero-order valence-corrected chi connectivity index (χ0v) is 8.36. The summed E-state index contributed by atoms with van der Waals surface area (Å²) < 4.78 is 0. The second-order valence-corrected chi connectivity index (χ2v) is 3.83. The first-order valence-electron chi connectivity index (χ1n) is 4.70. The van der Waals surface area contributed by atoms with Crippen molar-refractivity contribution in [3.8, 4) is 0 Å². The van der Waals surface area contributed by atoms with E-state index in [1.165, 1.54) is 0 Å². The zero-order valence-electron chi connectivity index (χ0n) is 8.36. The van der Waals surface area contributed by atoms with Gasteiger partial charge in [0, 0.05) is 19.1 Å². The molecule has 1 saturated heterocycles. The minimum Gasteiger partial charge on any atom is -0.481 e. The molecule has 1 aliphatic rings. The van der Waals surface area contributed by atoms with Gasteiger partial charge in [-0.3, -0.25) is 4.79 Å². The van der Waals surface area contributed by atoms with E-state index in [9.17, 15) is 4.79 Å². The molecule has 13 heavy (non-hydrogen) atoms. The Morgan fingerprint density at radius 3 is 2.85 bits per heavy atom. The lowest BCUT2D eigenvalue weighted by Crippen LogP contribution is -2.35. The van der Waals surface area contributed by atoms with Crippen LogP contribution in [0.15, 0.2) is 0 Å². The average molecular weight is 186 g/mol. The molecule has 0 bridgehead atoms. The number of nitrogens with zero attached hydrogens (tertiary/aromatic N) is 2. The van der Waals surface area contributed by atoms with Crippen LogP contribution in [0.1, 0.15) is 12.8 Å². The Labute approximate surface area is 79.1 Å². The molecule has 1 N–H and O–H groups in total. The van der Waals surface area contributed by atoms with Crippen LogP contribution in [0.3, 0.4) is 0 Å². The fourth-order valence-corrected chi connectivity index (χ4v) is 1.73. The number of hydrogen-bond acceptors (Lipinski definition) is 3. The smallest absolute Gasteiger partial charge is 0.304 e. The zero-order chi connectivity index (χ0) is 9.84. The molecule has 0 saturated carbocycles. The van der Waals surface area contributed by atoms with Gasteiger partial charge < -0.3 is 14.9 Å². The summed E-state index contributed by atoms with van der Waals surface area (Å²) in [5.41, 5.74) is 0. The van der Waals surface area contributed by atoms with Gasteiger partial charge in [0.1, 0.15) is 0 Å². The van der Waals surface area contributed by atoms with Gasteiger partial charge in [-0.2, -0.15) is 0 Å². The Balaban J connectivity index is 2.23. The molecule has 0 aromatic carbocycles. The maximum Gasteiger partial charge on any atom is 0.304 e. The number of carboxylic acid groups (broad SMARTS) is 1. The second kappa shape index (κ2) is 4.58. The SMILES string of the molecule is CN1CC[C@@H](N(C)CCC(=O)O)C1. The Bertz CT molecular complexity index is 184. The van der Waals surface area contributed by atoms with Crippen LogP contribution in [-0.2, 0) is 4.79 Å². The molecule has 1 rings (SSSR count). The van der Waals surface area contributed by atoms with Gasteiger partial charge in [0.05, 0.1) is 6.42 Å². The largest absolute Gasteiger partial charge is 0.481 e. The molecule has 1 aliphatic heterocycles. The lowest BCUT2D eigenvalue weighted by atomic mass is 10.2. The van der Waals surface area contributed by atoms with Crippen molar-refractivity contribution in [3.63, 3.8) is 0 Å². The van der Waals surface area contributed by atoms with Crippen LogP contribution in [0.4, 0.5) is 0 Å². The molecular weight excluding hydrogens is 168 g/mol. The molecule has 76 valence electrons. The summed E-state index contributed by atoms with van der Waals surface area (Å²) in [5.74, 6) is -0.710. The van der Waals surface area contributed by atoms with Crippen molar-refractivity contribution in [2.45, 2.75) is 18.9 Å². The Morgan fingerprint density at radius 2 is 2.38 bits per heavy atom. The van der Waals surface area contributed by atoms with Gasteiger partial charge in [-0.25, -0.2) is 0 Å². The number of aliphatic carboxylic acids is 1. The summed E-state index contributed by atoms with van der Waals surface area (Å²) >= 11 is 0. The molecule has 0 aliphatic carbocycles. The third kappa shape index (κ3) is 3.32. The number of likely N-dealkylation sites (N-methyl/N-ethyl adjacent to an activating group) is 2. The first-order valence-corrected chi connectivity index (χ1v) is 4.70. The molecule has 0 unspecified atom stereocenters. The fourth-order valence-electron chi connectivity index (χ4n) is 1.73. The molecule has 0 aromatic rings. The van der Waals surface area contributed by atoms with Crippen LogP contribution >= 0.6 is 0 Å². The van der Waals surface area contributed by atoms with Crippen LogP contribution < -0.4 is 0 Å². The van der Waals surface area contributed by atoms with Gasteiger partial charge >= 0.3 is 5.97 Å². The summed E-state index contributed by atoms with van der Waals surface area (Å²) in [6.45, 7) is 2.85. The lowest BCUT2D eigenvalue weighted by molar-refractivity contribution is -0.137. The van der Waals surface area contributed by atoms with Gasteiger partial charge in [0.25, 0.3) is 0 Å². The maximum absolute atomic E-state index is 10.3. The van der Waals surface area contributed by atoms with E-state index in [2.05, 4.69) is 16.8 Å². The highest BCUT2D eigenvalue weighted by molar-refractivity contribution is 5.66. The number of carbonyl (C=O) groups is 1. The van der Waals surface area contributed by atoms with E-state index in [-0.39, 0.29) is 6.42 Å². The van der Waals surface area contributed by atoms with Crippen molar-refractivity contribution < 1.29 is 9.90 Å². The molecule has 0 spiro atoms. The monoisotopic (exact) mass is 186 g/mol. The first kappa shape index (κ1) is 10.5. The quantitative estimate of drug-likeness (QED) is 0.676. The second-order valence-electron chi connectivity index (χ2n) is 3.83. The summed E-state index contributed by atoms with van der Waals surface area (Å²) in [4.78, 5) is 14.8. The van der Waals surface area contributed by atoms with E-state index < -0.39 is 5.97 Å².